The Morgan fingerprint density at radius 2 is 1.96 bits per heavy atom. The fourth-order valence-corrected chi connectivity index (χ4v) is 4.57. The van der Waals surface area contributed by atoms with E-state index in [1.54, 1.807) is 12.1 Å². The highest BCUT2D eigenvalue weighted by Crippen LogP contribution is 2.31. The smallest absolute Gasteiger partial charge is 0.257 e. The summed E-state index contributed by atoms with van der Waals surface area (Å²) in [6, 6.07) is 11.0. The summed E-state index contributed by atoms with van der Waals surface area (Å²) < 4.78 is 30.4. The van der Waals surface area contributed by atoms with Gasteiger partial charge in [-0.3, -0.25) is 4.79 Å². The first kappa shape index (κ1) is 18.0. The van der Waals surface area contributed by atoms with Gasteiger partial charge in [0.25, 0.3) is 5.91 Å². The third-order valence-electron chi connectivity index (χ3n) is 4.08. The van der Waals surface area contributed by atoms with Gasteiger partial charge < -0.3 is 10.1 Å². The fraction of sp³-hybridized carbons (Fsp3) is 0.353. The molecule has 2 aromatic carbocycles. The zero-order valence-corrected chi connectivity index (χ0v) is 15.1. The average molecular weight is 383 g/mol. The van der Waals surface area contributed by atoms with Gasteiger partial charge in [-0.1, -0.05) is 35.9 Å². The van der Waals surface area contributed by atoms with Crippen molar-refractivity contribution in [1.82, 2.24) is 9.62 Å². The number of benzene rings is 2. The number of sulfonamides is 1. The number of hydrogen-bond donors (Lipinski definition) is 1. The molecule has 1 saturated heterocycles. The molecule has 0 unspecified atom stereocenters. The third-order valence-corrected chi connectivity index (χ3v) is 6.36. The van der Waals surface area contributed by atoms with Crippen molar-refractivity contribution in [2.75, 3.05) is 32.0 Å². The summed E-state index contributed by atoms with van der Waals surface area (Å²) in [5, 5.41) is 5.01. The number of nitrogens with one attached hydrogen (secondary N) is 1. The van der Waals surface area contributed by atoms with Crippen LogP contribution in [0.25, 0.3) is 10.8 Å². The first-order valence-corrected chi connectivity index (χ1v) is 10.0. The van der Waals surface area contributed by atoms with Crippen molar-refractivity contribution in [1.29, 1.82) is 0 Å². The molecule has 25 heavy (non-hydrogen) atoms. The fourth-order valence-electron chi connectivity index (χ4n) is 2.82. The predicted molar refractivity (Wildman–Crippen MR) is 97.4 cm³/mol. The van der Waals surface area contributed by atoms with E-state index >= 15 is 0 Å². The van der Waals surface area contributed by atoms with Crippen LogP contribution in [-0.2, 0) is 14.8 Å². The van der Waals surface area contributed by atoms with Crippen LogP contribution in [0.5, 0.6) is 5.75 Å². The van der Waals surface area contributed by atoms with Crippen molar-refractivity contribution in [3.8, 4) is 5.75 Å². The number of rotatable bonds is 6. The van der Waals surface area contributed by atoms with Gasteiger partial charge in [-0.15, -0.1) is 0 Å². The van der Waals surface area contributed by atoms with E-state index in [4.69, 9.17) is 16.3 Å². The molecule has 1 heterocycles. The summed E-state index contributed by atoms with van der Waals surface area (Å²) in [4.78, 5) is 11.9. The number of hydrogen-bond acceptors (Lipinski definition) is 4. The molecule has 0 atom stereocenters. The van der Waals surface area contributed by atoms with Crippen molar-refractivity contribution in [2.45, 2.75) is 6.42 Å². The summed E-state index contributed by atoms with van der Waals surface area (Å²) in [7, 11) is -3.13. The van der Waals surface area contributed by atoms with Gasteiger partial charge in [0.05, 0.1) is 5.75 Å². The van der Waals surface area contributed by atoms with E-state index < -0.39 is 10.0 Å². The maximum atomic E-state index is 11.9. The van der Waals surface area contributed by atoms with Crippen LogP contribution in [0, 0.1) is 0 Å². The number of halogens is 1. The van der Waals surface area contributed by atoms with E-state index in [2.05, 4.69) is 5.32 Å². The molecule has 3 rings (SSSR count). The van der Waals surface area contributed by atoms with Gasteiger partial charge >= 0.3 is 0 Å². The Bertz CT molecular complexity index is 885. The summed E-state index contributed by atoms with van der Waals surface area (Å²) in [5.41, 5.74) is 0. The second-order valence-corrected chi connectivity index (χ2v) is 8.29. The van der Waals surface area contributed by atoms with Crippen molar-refractivity contribution >= 4 is 38.3 Å². The van der Waals surface area contributed by atoms with E-state index in [-0.39, 0.29) is 31.4 Å². The summed E-state index contributed by atoms with van der Waals surface area (Å²) in [5.74, 6) is 0.473. The molecule has 1 N–H and O–H groups in total. The van der Waals surface area contributed by atoms with Crippen LogP contribution in [0.1, 0.15) is 6.42 Å². The van der Waals surface area contributed by atoms with Gasteiger partial charge in [0.2, 0.25) is 10.0 Å². The number of carbonyl (C=O) groups excluding carboxylic acids is 1. The number of carbonyl (C=O) groups is 1. The highest BCUT2D eigenvalue weighted by atomic mass is 35.5. The lowest BCUT2D eigenvalue weighted by Crippen LogP contribution is -2.37. The van der Waals surface area contributed by atoms with Crippen LogP contribution in [0.3, 0.4) is 0 Å². The first-order valence-electron chi connectivity index (χ1n) is 8.02. The van der Waals surface area contributed by atoms with Crippen LogP contribution < -0.4 is 10.1 Å². The highest BCUT2D eigenvalue weighted by molar-refractivity contribution is 7.89. The Kier molecular flexibility index (Phi) is 5.46. The van der Waals surface area contributed by atoms with Gasteiger partial charge in [-0.25, -0.2) is 12.7 Å². The summed E-state index contributed by atoms with van der Waals surface area (Å²) in [6.45, 7) is 0.935. The quantitative estimate of drug-likeness (QED) is 0.829. The molecule has 1 aliphatic rings. The molecule has 1 aliphatic heterocycles. The van der Waals surface area contributed by atoms with Crippen LogP contribution in [-0.4, -0.2) is 50.6 Å². The average Bonchev–Trinajstić information content (AvgIpc) is 2.93. The monoisotopic (exact) mass is 382 g/mol. The molecule has 1 fully saturated rings. The largest absolute Gasteiger partial charge is 0.483 e. The lowest BCUT2D eigenvalue weighted by Gasteiger charge is -2.15. The molecular weight excluding hydrogens is 364 g/mol. The van der Waals surface area contributed by atoms with E-state index in [0.717, 1.165) is 10.8 Å². The third kappa shape index (κ3) is 4.23. The zero-order valence-electron chi connectivity index (χ0n) is 13.6. The Balaban J connectivity index is 1.52. The van der Waals surface area contributed by atoms with Crippen molar-refractivity contribution in [3.63, 3.8) is 0 Å². The van der Waals surface area contributed by atoms with Gasteiger partial charge in [0.15, 0.2) is 6.61 Å². The molecule has 8 heteroatoms. The SMILES string of the molecule is O=C(COc1ccc(Cl)c2ccccc12)NCCN1CCCS1(=O)=O. The first-order chi connectivity index (χ1) is 12.0. The standard InChI is InChI=1S/C17H19ClN2O4S/c18-15-6-7-16(14-5-2-1-4-13(14)15)24-12-17(21)19-8-10-20-9-3-11-25(20,22)23/h1-2,4-7H,3,8-12H2,(H,19,21). The van der Waals surface area contributed by atoms with E-state index in [1.807, 2.05) is 24.3 Å². The minimum Gasteiger partial charge on any atom is -0.483 e. The number of nitrogens with zero attached hydrogens (tertiary/aromatic N) is 1. The predicted octanol–water partition coefficient (Wildman–Crippen LogP) is 2.02. The molecule has 0 saturated carbocycles. The lowest BCUT2D eigenvalue weighted by molar-refractivity contribution is -0.123. The molecule has 6 nitrogen and oxygen atoms in total. The van der Waals surface area contributed by atoms with Gasteiger partial charge in [-0.05, 0) is 18.6 Å². The van der Waals surface area contributed by atoms with Gasteiger partial charge in [-0.2, -0.15) is 0 Å². The van der Waals surface area contributed by atoms with Crippen molar-refractivity contribution in [3.05, 3.63) is 41.4 Å². The minimum absolute atomic E-state index is 0.140. The molecule has 1 amide bonds. The molecule has 0 spiro atoms. The van der Waals surface area contributed by atoms with Crippen LogP contribution in [0.15, 0.2) is 36.4 Å². The van der Waals surface area contributed by atoms with Crippen LogP contribution in [0.4, 0.5) is 0 Å². The van der Waals surface area contributed by atoms with E-state index in [9.17, 15) is 13.2 Å². The Hall–Kier alpha value is -1.83. The Morgan fingerprint density at radius 1 is 1.20 bits per heavy atom. The zero-order chi connectivity index (χ0) is 17.9. The maximum Gasteiger partial charge on any atom is 0.257 e. The van der Waals surface area contributed by atoms with Gasteiger partial charge in [0, 0.05) is 35.4 Å². The van der Waals surface area contributed by atoms with Crippen LogP contribution in [0.2, 0.25) is 5.02 Å². The molecule has 0 aliphatic carbocycles. The van der Waals surface area contributed by atoms with E-state index in [0.29, 0.717) is 23.7 Å². The summed E-state index contributed by atoms with van der Waals surface area (Å²) in [6.07, 6.45) is 0.642. The molecule has 0 radical (unpaired) electrons. The Labute approximate surface area is 151 Å². The second kappa shape index (κ2) is 7.59. The number of fused-ring (bicyclic) bond motifs is 1. The number of ether oxygens (including phenoxy) is 1. The maximum absolute atomic E-state index is 11.9. The topological polar surface area (TPSA) is 75.7 Å². The van der Waals surface area contributed by atoms with E-state index in [1.165, 1.54) is 4.31 Å². The molecule has 0 aromatic heterocycles. The van der Waals surface area contributed by atoms with Crippen LogP contribution >= 0.6 is 11.6 Å². The molecule has 0 bridgehead atoms. The molecular formula is C17H19ClN2O4S. The number of amides is 1. The minimum atomic E-state index is -3.13. The van der Waals surface area contributed by atoms with Gasteiger partial charge in [0.1, 0.15) is 5.75 Å². The summed E-state index contributed by atoms with van der Waals surface area (Å²) >= 11 is 6.16. The lowest BCUT2D eigenvalue weighted by atomic mass is 10.1. The normalized spacial score (nSPS) is 16.8. The van der Waals surface area contributed by atoms with Crippen molar-refractivity contribution < 1.29 is 17.9 Å². The highest BCUT2D eigenvalue weighted by Gasteiger charge is 2.27. The Morgan fingerprint density at radius 3 is 2.68 bits per heavy atom. The molecule has 2 aromatic rings. The van der Waals surface area contributed by atoms with Crippen molar-refractivity contribution in [2.24, 2.45) is 0 Å². The molecule has 134 valence electrons. The second-order valence-electron chi connectivity index (χ2n) is 5.80.